The fourth-order valence-corrected chi connectivity index (χ4v) is 2.71. The molecule has 82 valence electrons. The average molecular weight is 199 g/mol. The Morgan fingerprint density at radius 3 is 2.79 bits per heavy atom. The number of aliphatic hydroxyl groups is 1. The van der Waals surface area contributed by atoms with Crippen LogP contribution in [-0.2, 0) is 4.74 Å². The fourth-order valence-electron chi connectivity index (χ4n) is 2.71. The smallest absolute Gasteiger partial charge is 0.0695 e. The SMILES string of the molecule is CC1COCCN1[C@@H]1CCCC[C@H]1O. The first kappa shape index (κ1) is 10.4. The van der Waals surface area contributed by atoms with E-state index >= 15 is 0 Å². The van der Waals surface area contributed by atoms with E-state index < -0.39 is 0 Å². The lowest BCUT2D eigenvalue weighted by molar-refractivity contribution is -0.0647. The third-order valence-electron chi connectivity index (χ3n) is 3.54. The molecule has 3 heteroatoms. The van der Waals surface area contributed by atoms with Crippen molar-refractivity contribution in [1.82, 2.24) is 4.90 Å². The van der Waals surface area contributed by atoms with Crippen LogP contribution < -0.4 is 0 Å². The number of ether oxygens (including phenoxy) is 1. The largest absolute Gasteiger partial charge is 0.391 e. The van der Waals surface area contributed by atoms with Crippen molar-refractivity contribution < 1.29 is 9.84 Å². The predicted octanol–water partition coefficient (Wildman–Crippen LogP) is 1.01. The van der Waals surface area contributed by atoms with E-state index in [9.17, 15) is 5.11 Å². The highest BCUT2D eigenvalue weighted by Crippen LogP contribution is 2.25. The second-order valence-corrected chi connectivity index (χ2v) is 4.58. The molecule has 0 radical (unpaired) electrons. The van der Waals surface area contributed by atoms with Gasteiger partial charge in [-0.25, -0.2) is 0 Å². The molecule has 1 aliphatic heterocycles. The molecule has 3 atom stereocenters. The first-order chi connectivity index (χ1) is 6.79. The van der Waals surface area contributed by atoms with Crippen molar-refractivity contribution in [1.29, 1.82) is 0 Å². The van der Waals surface area contributed by atoms with Crippen LogP contribution in [0.1, 0.15) is 32.6 Å². The van der Waals surface area contributed by atoms with E-state index in [1.807, 2.05) is 0 Å². The summed E-state index contributed by atoms with van der Waals surface area (Å²) in [7, 11) is 0. The molecule has 1 saturated heterocycles. The molecule has 0 aromatic rings. The maximum Gasteiger partial charge on any atom is 0.0695 e. The molecule has 3 nitrogen and oxygen atoms in total. The number of hydrogen-bond acceptors (Lipinski definition) is 3. The normalized spacial score (nSPS) is 41.1. The molecule has 1 aliphatic carbocycles. The van der Waals surface area contributed by atoms with Crippen molar-refractivity contribution in [3.63, 3.8) is 0 Å². The lowest BCUT2D eigenvalue weighted by atomic mass is 9.90. The summed E-state index contributed by atoms with van der Waals surface area (Å²) in [5.41, 5.74) is 0. The van der Waals surface area contributed by atoms with Crippen LogP contribution in [0.3, 0.4) is 0 Å². The maximum absolute atomic E-state index is 9.96. The number of rotatable bonds is 1. The Bertz CT molecular complexity index is 166. The zero-order valence-electron chi connectivity index (χ0n) is 8.98. The summed E-state index contributed by atoms with van der Waals surface area (Å²) in [6.45, 7) is 4.83. The van der Waals surface area contributed by atoms with Gasteiger partial charge in [0.2, 0.25) is 0 Å². The third-order valence-corrected chi connectivity index (χ3v) is 3.54. The molecule has 14 heavy (non-hydrogen) atoms. The third kappa shape index (κ3) is 2.10. The van der Waals surface area contributed by atoms with Crippen LogP contribution in [0.2, 0.25) is 0 Å². The second kappa shape index (κ2) is 4.60. The Hall–Kier alpha value is -0.120. The molecular weight excluding hydrogens is 178 g/mol. The van der Waals surface area contributed by atoms with Crippen molar-refractivity contribution in [3.05, 3.63) is 0 Å². The van der Waals surface area contributed by atoms with E-state index in [1.54, 1.807) is 0 Å². The van der Waals surface area contributed by atoms with Crippen LogP contribution >= 0.6 is 0 Å². The van der Waals surface area contributed by atoms with Gasteiger partial charge in [0.25, 0.3) is 0 Å². The molecule has 1 heterocycles. The van der Waals surface area contributed by atoms with Crippen LogP contribution in [0.4, 0.5) is 0 Å². The van der Waals surface area contributed by atoms with E-state index in [4.69, 9.17) is 4.74 Å². The number of aliphatic hydroxyl groups excluding tert-OH is 1. The zero-order chi connectivity index (χ0) is 9.97. The summed E-state index contributed by atoms with van der Waals surface area (Å²) in [6, 6.07) is 0.865. The Morgan fingerprint density at radius 2 is 2.07 bits per heavy atom. The summed E-state index contributed by atoms with van der Waals surface area (Å²) in [6.07, 6.45) is 4.49. The molecule has 2 rings (SSSR count). The lowest BCUT2D eigenvalue weighted by Gasteiger charge is -2.43. The molecule has 2 aliphatic rings. The average Bonchev–Trinajstić information content (AvgIpc) is 2.20. The van der Waals surface area contributed by atoms with Crippen LogP contribution in [0.15, 0.2) is 0 Å². The first-order valence-electron chi connectivity index (χ1n) is 5.80. The van der Waals surface area contributed by atoms with Crippen molar-refractivity contribution >= 4 is 0 Å². The first-order valence-corrected chi connectivity index (χ1v) is 5.80. The Morgan fingerprint density at radius 1 is 1.29 bits per heavy atom. The van der Waals surface area contributed by atoms with E-state index in [0.29, 0.717) is 12.1 Å². The van der Waals surface area contributed by atoms with Gasteiger partial charge in [0.15, 0.2) is 0 Å². The van der Waals surface area contributed by atoms with Gasteiger partial charge in [-0.1, -0.05) is 12.8 Å². The molecule has 1 unspecified atom stereocenters. The molecule has 1 saturated carbocycles. The van der Waals surface area contributed by atoms with Gasteiger partial charge in [-0.3, -0.25) is 4.90 Å². The summed E-state index contributed by atoms with van der Waals surface area (Å²) in [4.78, 5) is 2.44. The topological polar surface area (TPSA) is 32.7 Å². The highest BCUT2D eigenvalue weighted by Gasteiger charge is 2.32. The van der Waals surface area contributed by atoms with Crippen molar-refractivity contribution in [2.45, 2.75) is 50.8 Å². The van der Waals surface area contributed by atoms with Crippen LogP contribution in [0.25, 0.3) is 0 Å². The minimum absolute atomic E-state index is 0.107. The lowest BCUT2D eigenvalue weighted by Crippen LogP contribution is -2.54. The standard InChI is InChI=1S/C11H21NO2/c1-9-8-14-7-6-12(9)10-4-2-3-5-11(10)13/h9-11,13H,2-8H2,1H3/t9?,10-,11-/m1/s1. The van der Waals surface area contributed by atoms with Gasteiger partial charge in [-0.15, -0.1) is 0 Å². The maximum atomic E-state index is 9.96. The summed E-state index contributed by atoms with van der Waals surface area (Å²) < 4.78 is 5.41. The van der Waals surface area contributed by atoms with Crippen molar-refractivity contribution in [3.8, 4) is 0 Å². The van der Waals surface area contributed by atoms with Crippen molar-refractivity contribution in [2.75, 3.05) is 19.8 Å². The monoisotopic (exact) mass is 199 g/mol. The van der Waals surface area contributed by atoms with Gasteiger partial charge in [-0.05, 0) is 19.8 Å². The van der Waals surface area contributed by atoms with Gasteiger partial charge in [-0.2, -0.15) is 0 Å². The second-order valence-electron chi connectivity index (χ2n) is 4.58. The Kier molecular flexibility index (Phi) is 3.42. The van der Waals surface area contributed by atoms with Gasteiger partial charge in [0.05, 0.1) is 19.3 Å². The van der Waals surface area contributed by atoms with Gasteiger partial charge < -0.3 is 9.84 Å². The van der Waals surface area contributed by atoms with E-state index in [1.165, 1.54) is 12.8 Å². The minimum Gasteiger partial charge on any atom is -0.391 e. The number of morpholine rings is 1. The predicted molar refractivity (Wildman–Crippen MR) is 55.2 cm³/mol. The highest BCUT2D eigenvalue weighted by atomic mass is 16.5. The Labute approximate surface area is 86.0 Å². The van der Waals surface area contributed by atoms with E-state index in [0.717, 1.165) is 32.6 Å². The van der Waals surface area contributed by atoms with E-state index in [2.05, 4.69) is 11.8 Å². The van der Waals surface area contributed by atoms with Gasteiger partial charge >= 0.3 is 0 Å². The molecule has 0 aromatic heterocycles. The van der Waals surface area contributed by atoms with Crippen molar-refractivity contribution in [2.24, 2.45) is 0 Å². The molecule has 0 aromatic carbocycles. The van der Waals surface area contributed by atoms with Crippen LogP contribution in [0, 0.1) is 0 Å². The Balaban J connectivity index is 1.96. The molecular formula is C11H21NO2. The summed E-state index contributed by atoms with van der Waals surface area (Å²) in [5, 5.41) is 9.96. The quantitative estimate of drug-likeness (QED) is 0.684. The minimum atomic E-state index is -0.107. The van der Waals surface area contributed by atoms with Crippen LogP contribution in [-0.4, -0.2) is 48.0 Å². The van der Waals surface area contributed by atoms with E-state index in [-0.39, 0.29) is 6.10 Å². The zero-order valence-corrected chi connectivity index (χ0v) is 8.98. The molecule has 2 fully saturated rings. The number of hydrogen-bond donors (Lipinski definition) is 1. The molecule has 0 spiro atoms. The summed E-state index contributed by atoms with van der Waals surface area (Å²) in [5.74, 6) is 0. The number of nitrogens with zero attached hydrogens (tertiary/aromatic N) is 1. The fraction of sp³-hybridized carbons (Fsp3) is 1.00. The molecule has 1 N–H and O–H groups in total. The van der Waals surface area contributed by atoms with Gasteiger partial charge in [0, 0.05) is 18.6 Å². The van der Waals surface area contributed by atoms with Crippen LogP contribution in [0.5, 0.6) is 0 Å². The summed E-state index contributed by atoms with van der Waals surface area (Å²) >= 11 is 0. The highest BCUT2D eigenvalue weighted by molar-refractivity contribution is 4.86. The molecule has 0 amide bonds. The molecule has 0 bridgehead atoms. The van der Waals surface area contributed by atoms with Gasteiger partial charge in [0.1, 0.15) is 0 Å².